The average Bonchev–Trinajstić information content (AvgIpc) is 2.79. The van der Waals surface area contributed by atoms with Crippen LogP contribution >= 0.6 is 0 Å². The van der Waals surface area contributed by atoms with Crippen LogP contribution in [0.2, 0.25) is 0 Å². The maximum Gasteiger partial charge on any atom is 0.376 e. The second-order valence-electron chi connectivity index (χ2n) is 3.09. The molecule has 0 atom stereocenters. The summed E-state index contributed by atoms with van der Waals surface area (Å²) in [5.41, 5.74) is 0. The van der Waals surface area contributed by atoms with E-state index in [0.29, 0.717) is 12.4 Å². The van der Waals surface area contributed by atoms with Crippen LogP contribution in [0.3, 0.4) is 0 Å². The molecule has 0 aliphatic carbocycles. The second-order valence-corrected chi connectivity index (χ2v) is 3.09. The Balaban J connectivity index is 2.06. The molecular weight excluding hydrogens is 222 g/mol. The van der Waals surface area contributed by atoms with Crippen molar-refractivity contribution in [2.45, 2.75) is 6.92 Å². The number of carbonyl (C=O) groups excluding carboxylic acids is 1. The third kappa shape index (κ3) is 2.81. The molecule has 6 heteroatoms. The molecule has 0 saturated carbocycles. The maximum atomic E-state index is 11.3. The summed E-state index contributed by atoms with van der Waals surface area (Å²) in [5.74, 6) is 0.115. The molecule has 88 valence electrons. The minimum Gasteiger partial charge on any atom is -0.460 e. The predicted octanol–water partition coefficient (Wildman–Crippen LogP) is 1.99. The Morgan fingerprint density at radius 2 is 2.35 bits per heavy atom. The van der Waals surface area contributed by atoms with Crippen LogP contribution in [-0.4, -0.2) is 22.5 Å². The topological polar surface area (TPSA) is 77.2 Å². The van der Waals surface area contributed by atoms with Crippen LogP contribution in [0.15, 0.2) is 35.0 Å². The monoisotopic (exact) mass is 233 g/mol. The first-order chi connectivity index (χ1) is 8.29. The molecule has 0 spiro atoms. The van der Waals surface area contributed by atoms with Gasteiger partial charge in [0.05, 0.1) is 12.8 Å². The molecule has 17 heavy (non-hydrogen) atoms. The van der Waals surface area contributed by atoms with E-state index >= 15 is 0 Å². The minimum atomic E-state index is -0.533. The maximum absolute atomic E-state index is 11.3. The van der Waals surface area contributed by atoms with Gasteiger partial charge in [-0.05, 0) is 19.1 Å². The zero-order chi connectivity index (χ0) is 12.1. The molecule has 0 amide bonds. The Labute approximate surface area is 97.6 Å². The number of aromatic nitrogens is 2. The van der Waals surface area contributed by atoms with Crippen LogP contribution in [-0.2, 0) is 4.74 Å². The van der Waals surface area contributed by atoms with Gasteiger partial charge in [0, 0.05) is 6.20 Å². The number of esters is 1. The molecule has 0 aliphatic heterocycles. The van der Waals surface area contributed by atoms with E-state index in [1.165, 1.54) is 6.20 Å². The number of nitrogens with one attached hydrogen (secondary N) is 1. The van der Waals surface area contributed by atoms with E-state index in [-0.39, 0.29) is 11.8 Å². The van der Waals surface area contributed by atoms with Gasteiger partial charge < -0.3 is 9.15 Å². The first-order valence-electron chi connectivity index (χ1n) is 5.10. The summed E-state index contributed by atoms with van der Waals surface area (Å²) in [7, 11) is 0. The van der Waals surface area contributed by atoms with E-state index in [0.717, 1.165) is 0 Å². The molecule has 0 aliphatic rings. The number of pyridine rings is 1. The lowest BCUT2D eigenvalue weighted by molar-refractivity contribution is 0.0491. The standard InChI is InChI=1S/C11H11N3O3/c1-2-16-10(15)8-7-13-11(17-8)14-9-5-3-4-6-12-9/h3-7H,2H2,1H3,(H,12,13,14). The third-order valence-corrected chi connectivity index (χ3v) is 1.88. The van der Waals surface area contributed by atoms with Crippen LogP contribution in [0.25, 0.3) is 0 Å². The fraction of sp³-hybridized carbons (Fsp3) is 0.182. The molecule has 2 aromatic heterocycles. The van der Waals surface area contributed by atoms with Crippen LogP contribution in [0, 0.1) is 0 Å². The van der Waals surface area contributed by atoms with Gasteiger partial charge in [-0.2, -0.15) is 0 Å². The van der Waals surface area contributed by atoms with Gasteiger partial charge in [0.2, 0.25) is 5.76 Å². The molecule has 2 aromatic rings. The van der Waals surface area contributed by atoms with Gasteiger partial charge in [0.25, 0.3) is 0 Å². The van der Waals surface area contributed by atoms with Gasteiger partial charge >= 0.3 is 12.0 Å². The van der Waals surface area contributed by atoms with Crippen molar-refractivity contribution in [1.29, 1.82) is 0 Å². The Morgan fingerprint density at radius 1 is 1.47 bits per heavy atom. The molecule has 6 nitrogen and oxygen atoms in total. The number of nitrogens with zero attached hydrogens (tertiary/aromatic N) is 2. The van der Waals surface area contributed by atoms with Crippen LogP contribution in [0.1, 0.15) is 17.5 Å². The highest BCUT2D eigenvalue weighted by Crippen LogP contribution is 2.14. The molecule has 0 saturated heterocycles. The van der Waals surface area contributed by atoms with E-state index in [1.807, 2.05) is 6.07 Å². The highest BCUT2D eigenvalue weighted by molar-refractivity contribution is 5.86. The SMILES string of the molecule is CCOC(=O)c1cnc(Nc2ccccn2)o1. The quantitative estimate of drug-likeness (QED) is 0.814. The Bertz CT molecular complexity index is 496. The summed E-state index contributed by atoms with van der Waals surface area (Å²) in [6, 6.07) is 5.58. The van der Waals surface area contributed by atoms with Gasteiger partial charge in [-0.25, -0.2) is 14.8 Å². The van der Waals surface area contributed by atoms with Crippen LogP contribution in [0.5, 0.6) is 0 Å². The van der Waals surface area contributed by atoms with Crippen molar-refractivity contribution in [3.05, 3.63) is 36.4 Å². The fourth-order valence-electron chi connectivity index (χ4n) is 1.17. The lowest BCUT2D eigenvalue weighted by atomic mass is 10.5. The minimum absolute atomic E-state index is 0.0604. The Kier molecular flexibility index (Phi) is 3.34. The van der Waals surface area contributed by atoms with Gasteiger partial charge in [0.1, 0.15) is 5.82 Å². The van der Waals surface area contributed by atoms with Gasteiger partial charge in [-0.15, -0.1) is 0 Å². The van der Waals surface area contributed by atoms with Crippen LogP contribution in [0.4, 0.5) is 11.8 Å². The lowest BCUT2D eigenvalue weighted by Gasteiger charge is -1.99. The van der Waals surface area contributed by atoms with E-state index in [2.05, 4.69) is 15.3 Å². The van der Waals surface area contributed by atoms with Crippen molar-refractivity contribution in [2.75, 3.05) is 11.9 Å². The molecule has 0 aromatic carbocycles. The summed E-state index contributed by atoms with van der Waals surface area (Å²) in [6.45, 7) is 2.02. The number of anilines is 2. The van der Waals surface area contributed by atoms with Gasteiger partial charge in [-0.3, -0.25) is 5.32 Å². The van der Waals surface area contributed by atoms with Crippen molar-refractivity contribution >= 4 is 17.8 Å². The molecule has 2 heterocycles. The first-order valence-corrected chi connectivity index (χ1v) is 5.10. The summed E-state index contributed by atoms with van der Waals surface area (Å²) in [4.78, 5) is 19.2. The molecule has 0 unspecified atom stereocenters. The zero-order valence-electron chi connectivity index (χ0n) is 9.21. The van der Waals surface area contributed by atoms with Crippen LogP contribution < -0.4 is 5.32 Å². The normalized spacial score (nSPS) is 9.94. The van der Waals surface area contributed by atoms with Gasteiger partial charge in [0.15, 0.2) is 0 Å². The number of oxazole rings is 1. The van der Waals surface area contributed by atoms with E-state index in [4.69, 9.17) is 9.15 Å². The third-order valence-electron chi connectivity index (χ3n) is 1.88. The molecule has 2 rings (SSSR count). The summed E-state index contributed by atoms with van der Waals surface area (Å²) in [6.07, 6.45) is 2.95. The summed E-state index contributed by atoms with van der Waals surface area (Å²) >= 11 is 0. The van der Waals surface area contributed by atoms with Crippen molar-refractivity contribution in [2.24, 2.45) is 0 Å². The predicted molar refractivity (Wildman–Crippen MR) is 60.0 cm³/mol. The van der Waals surface area contributed by atoms with Crippen molar-refractivity contribution in [3.63, 3.8) is 0 Å². The van der Waals surface area contributed by atoms with Crippen molar-refractivity contribution in [1.82, 2.24) is 9.97 Å². The largest absolute Gasteiger partial charge is 0.460 e. The first kappa shape index (κ1) is 11.1. The summed E-state index contributed by atoms with van der Waals surface area (Å²) < 4.78 is 9.94. The number of rotatable bonds is 4. The number of ether oxygens (including phenoxy) is 1. The molecule has 1 N–H and O–H groups in total. The highest BCUT2D eigenvalue weighted by atomic mass is 16.5. The second kappa shape index (κ2) is 5.11. The van der Waals surface area contributed by atoms with Crippen molar-refractivity contribution in [3.8, 4) is 0 Å². The molecular formula is C11H11N3O3. The Morgan fingerprint density at radius 3 is 3.06 bits per heavy atom. The number of carbonyl (C=O) groups is 1. The molecule has 0 fully saturated rings. The highest BCUT2D eigenvalue weighted by Gasteiger charge is 2.13. The number of hydrogen-bond acceptors (Lipinski definition) is 6. The lowest BCUT2D eigenvalue weighted by Crippen LogP contribution is -2.02. The van der Waals surface area contributed by atoms with Crippen molar-refractivity contribution < 1.29 is 13.9 Å². The van der Waals surface area contributed by atoms with Gasteiger partial charge in [-0.1, -0.05) is 6.07 Å². The zero-order valence-corrected chi connectivity index (χ0v) is 9.21. The van der Waals surface area contributed by atoms with E-state index in [1.54, 1.807) is 25.3 Å². The summed E-state index contributed by atoms with van der Waals surface area (Å²) in [5, 5.41) is 2.82. The molecule has 0 radical (unpaired) electrons. The van der Waals surface area contributed by atoms with E-state index in [9.17, 15) is 4.79 Å². The smallest absolute Gasteiger partial charge is 0.376 e. The molecule has 0 bridgehead atoms. The fourth-order valence-corrected chi connectivity index (χ4v) is 1.17. The Hall–Kier alpha value is -2.37. The number of hydrogen-bond donors (Lipinski definition) is 1. The average molecular weight is 233 g/mol. The van der Waals surface area contributed by atoms with E-state index < -0.39 is 5.97 Å².